The zero-order chi connectivity index (χ0) is 11.1. The minimum atomic E-state index is -1.21. The first-order chi connectivity index (χ1) is 7.06. The number of hydrogen-bond acceptors (Lipinski definition) is 2. The summed E-state index contributed by atoms with van der Waals surface area (Å²) < 4.78 is 30.4. The molecule has 1 aliphatic rings. The third kappa shape index (κ3) is 1.39. The van der Waals surface area contributed by atoms with Gasteiger partial charge in [-0.2, -0.15) is 0 Å². The molecule has 1 aromatic carbocycles. The van der Waals surface area contributed by atoms with Crippen LogP contribution in [0.5, 0.6) is 0 Å². The van der Waals surface area contributed by atoms with Gasteiger partial charge < -0.3 is 9.84 Å². The minimum absolute atomic E-state index is 0.00654. The van der Waals surface area contributed by atoms with Crippen molar-refractivity contribution in [2.24, 2.45) is 0 Å². The molecule has 0 atom stereocenters. The van der Waals surface area contributed by atoms with Crippen LogP contribution in [-0.2, 0) is 14.9 Å². The Labute approximate surface area is 84.3 Å². The molecule has 1 fully saturated rings. The summed E-state index contributed by atoms with van der Waals surface area (Å²) in [4.78, 5) is 11.0. The van der Waals surface area contributed by atoms with E-state index in [0.29, 0.717) is 0 Å². The SMILES string of the molecule is O=C(O)C1(c2ccc(F)c(F)c2)COC1. The lowest BCUT2D eigenvalue weighted by molar-refractivity contribution is -0.163. The van der Waals surface area contributed by atoms with Gasteiger partial charge in [-0.1, -0.05) is 6.07 Å². The van der Waals surface area contributed by atoms with Crippen molar-refractivity contribution in [2.75, 3.05) is 13.2 Å². The zero-order valence-corrected chi connectivity index (χ0v) is 7.67. The summed E-state index contributed by atoms with van der Waals surface area (Å²) in [7, 11) is 0. The molecule has 0 saturated carbocycles. The standard InChI is InChI=1S/C10H8F2O3/c11-7-2-1-6(3-8(7)12)10(9(13)14)4-15-5-10/h1-3H,4-5H2,(H,13,14). The summed E-state index contributed by atoms with van der Waals surface area (Å²) >= 11 is 0. The average Bonchev–Trinajstić information content (AvgIpc) is 2.08. The maximum atomic E-state index is 12.9. The van der Waals surface area contributed by atoms with Crippen LogP contribution in [0.4, 0.5) is 8.78 Å². The number of hydrogen-bond donors (Lipinski definition) is 1. The van der Waals surface area contributed by atoms with E-state index in [4.69, 9.17) is 9.84 Å². The van der Waals surface area contributed by atoms with E-state index in [1.54, 1.807) is 0 Å². The van der Waals surface area contributed by atoms with Crippen LogP contribution >= 0.6 is 0 Å². The van der Waals surface area contributed by atoms with Gasteiger partial charge in [0.25, 0.3) is 0 Å². The van der Waals surface area contributed by atoms with Crippen molar-refractivity contribution in [2.45, 2.75) is 5.41 Å². The highest BCUT2D eigenvalue weighted by Gasteiger charge is 2.48. The van der Waals surface area contributed by atoms with Crippen molar-refractivity contribution in [3.63, 3.8) is 0 Å². The smallest absolute Gasteiger partial charge is 0.318 e. The van der Waals surface area contributed by atoms with Crippen LogP contribution in [0.3, 0.4) is 0 Å². The second-order valence-electron chi connectivity index (χ2n) is 3.51. The largest absolute Gasteiger partial charge is 0.480 e. The summed E-state index contributed by atoms with van der Waals surface area (Å²) in [5.74, 6) is -3.11. The molecule has 5 heteroatoms. The highest BCUT2D eigenvalue weighted by molar-refractivity contribution is 5.82. The summed E-state index contributed by atoms with van der Waals surface area (Å²) in [6.07, 6.45) is 0. The van der Waals surface area contributed by atoms with E-state index in [2.05, 4.69) is 0 Å². The molecule has 1 aliphatic heterocycles. The van der Waals surface area contributed by atoms with E-state index in [-0.39, 0.29) is 18.8 Å². The van der Waals surface area contributed by atoms with Crippen molar-refractivity contribution in [1.82, 2.24) is 0 Å². The Kier molecular flexibility index (Phi) is 2.19. The molecule has 0 aromatic heterocycles. The van der Waals surface area contributed by atoms with Crippen molar-refractivity contribution < 1.29 is 23.4 Å². The molecule has 0 aliphatic carbocycles. The van der Waals surface area contributed by atoms with Crippen molar-refractivity contribution in [3.05, 3.63) is 35.4 Å². The number of aliphatic carboxylic acids is 1. The van der Waals surface area contributed by atoms with Gasteiger partial charge in [-0.3, -0.25) is 4.79 Å². The maximum Gasteiger partial charge on any atom is 0.318 e. The lowest BCUT2D eigenvalue weighted by Crippen LogP contribution is -2.53. The van der Waals surface area contributed by atoms with E-state index >= 15 is 0 Å². The summed E-state index contributed by atoms with van der Waals surface area (Å²) in [6.45, 7) is -0.0131. The van der Waals surface area contributed by atoms with Gasteiger partial charge in [0.05, 0.1) is 13.2 Å². The average molecular weight is 214 g/mol. The molecule has 0 unspecified atom stereocenters. The van der Waals surface area contributed by atoms with E-state index in [1.807, 2.05) is 0 Å². The number of carboxylic acids is 1. The van der Waals surface area contributed by atoms with Crippen LogP contribution in [0.25, 0.3) is 0 Å². The molecule has 1 N–H and O–H groups in total. The number of halogens is 2. The Bertz CT molecular complexity index is 413. The molecule has 1 saturated heterocycles. The maximum absolute atomic E-state index is 12.9. The predicted octanol–water partition coefficient (Wildman–Crippen LogP) is 1.32. The van der Waals surface area contributed by atoms with E-state index in [1.165, 1.54) is 6.07 Å². The normalized spacial score (nSPS) is 18.3. The Morgan fingerprint density at radius 2 is 2.00 bits per heavy atom. The third-order valence-corrected chi connectivity index (χ3v) is 2.58. The third-order valence-electron chi connectivity index (χ3n) is 2.58. The number of benzene rings is 1. The van der Waals surface area contributed by atoms with Gasteiger partial charge in [0.15, 0.2) is 11.6 Å². The minimum Gasteiger partial charge on any atom is -0.480 e. The molecule has 3 nitrogen and oxygen atoms in total. The zero-order valence-electron chi connectivity index (χ0n) is 7.67. The van der Waals surface area contributed by atoms with Gasteiger partial charge >= 0.3 is 5.97 Å². The van der Waals surface area contributed by atoms with Gasteiger partial charge in [0.2, 0.25) is 0 Å². The number of rotatable bonds is 2. The van der Waals surface area contributed by atoms with Gasteiger partial charge in [-0.15, -0.1) is 0 Å². The second-order valence-corrected chi connectivity index (χ2v) is 3.51. The van der Waals surface area contributed by atoms with E-state index < -0.39 is 23.0 Å². The van der Waals surface area contributed by atoms with Gasteiger partial charge in [-0.05, 0) is 17.7 Å². The van der Waals surface area contributed by atoms with Crippen LogP contribution < -0.4 is 0 Å². The highest BCUT2D eigenvalue weighted by Crippen LogP contribution is 2.33. The van der Waals surface area contributed by atoms with Crippen LogP contribution in [0.2, 0.25) is 0 Å². The Morgan fingerprint density at radius 3 is 2.40 bits per heavy atom. The molecule has 0 spiro atoms. The number of carbonyl (C=O) groups is 1. The molecule has 0 bridgehead atoms. The van der Waals surface area contributed by atoms with Crippen molar-refractivity contribution in [3.8, 4) is 0 Å². The monoisotopic (exact) mass is 214 g/mol. The molecule has 1 aromatic rings. The van der Waals surface area contributed by atoms with Crippen molar-refractivity contribution in [1.29, 1.82) is 0 Å². The first-order valence-electron chi connectivity index (χ1n) is 4.33. The predicted molar refractivity (Wildman–Crippen MR) is 46.5 cm³/mol. The first-order valence-corrected chi connectivity index (χ1v) is 4.33. The fourth-order valence-electron chi connectivity index (χ4n) is 1.51. The highest BCUT2D eigenvalue weighted by atomic mass is 19.2. The second kappa shape index (κ2) is 3.27. The van der Waals surface area contributed by atoms with Crippen molar-refractivity contribution >= 4 is 5.97 Å². The molecule has 0 radical (unpaired) electrons. The Balaban J connectivity index is 2.44. The molecule has 2 rings (SSSR count). The summed E-state index contributed by atoms with van der Waals surface area (Å²) in [5, 5.41) is 9.00. The first kappa shape index (κ1) is 10.0. The summed E-state index contributed by atoms with van der Waals surface area (Å²) in [6, 6.07) is 3.11. The fourth-order valence-corrected chi connectivity index (χ4v) is 1.51. The lowest BCUT2D eigenvalue weighted by Gasteiger charge is -2.37. The van der Waals surface area contributed by atoms with Crippen LogP contribution in [-0.4, -0.2) is 24.3 Å². The van der Waals surface area contributed by atoms with Gasteiger partial charge in [0.1, 0.15) is 5.41 Å². The lowest BCUT2D eigenvalue weighted by atomic mass is 9.79. The molecular weight excluding hydrogens is 206 g/mol. The quantitative estimate of drug-likeness (QED) is 0.807. The van der Waals surface area contributed by atoms with Gasteiger partial charge in [-0.25, -0.2) is 8.78 Å². The van der Waals surface area contributed by atoms with Crippen LogP contribution in [0.15, 0.2) is 18.2 Å². The molecule has 1 heterocycles. The molecule has 80 valence electrons. The Morgan fingerprint density at radius 1 is 1.33 bits per heavy atom. The topological polar surface area (TPSA) is 46.5 Å². The number of ether oxygens (including phenoxy) is 1. The van der Waals surface area contributed by atoms with E-state index in [0.717, 1.165) is 12.1 Å². The van der Waals surface area contributed by atoms with Crippen LogP contribution in [0.1, 0.15) is 5.56 Å². The molecule has 15 heavy (non-hydrogen) atoms. The van der Waals surface area contributed by atoms with Gasteiger partial charge in [0, 0.05) is 0 Å². The Hall–Kier alpha value is -1.49. The number of carboxylic acid groups (broad SMARTS) is 1. The van der Waals surface area contributed by atoms with Crippen LogP contribution in [0, 0.1) is 11.6 Å². The fraction of sp³-hybridized carbons (Fsp3) is 0.300. The van der Waals surface area contributed by atoms with E-state index in [9.17, 15) is 13.6 Å². The summed E-state index contributed by atoms with van der Waals surface area (Å²) in [5.41, 5.74) is -0.978. The molecule has 0 amide bonds. The molecular formula is C10H8F2O3.